The number of amidine groups is 1. The van der Waals surface area contributed by atoms with Crippen molar-refractivity contribution in [1.29, 1.82) is 0 Å². The highest BCUT2D eigenvalue weighted by atomic mass is 16.4. The predicted octanol–water partition coefficient (Wildman–Crippen LogP) is 0.793. The first kappa shape index (κ1) is 12.0. The van der Waals surface area contributed by atoms with Crippen molar-refractivity contribution in [2.75, 3.05) is 5.32 Å². The molecule has 0 bridgehead atoms. The zero-order valence-corrected chi connectivity index (χ0v) is 9.14. The fourth-order valence-electron chi connectivity index (χ4n) is 0.965. The van der Waals surface area contributed by atoms with Crippen LogP contribution in [-0.2, 0) is 4.79 Å². The highest BCUT2D eigenvalue weighted by molar-refractivity contribution is 6.11. The largest absolute Gasteiger partial charge is 0.409 e. The molecule has 86 valence electrons. The molecule has 6 nitrogen and oxygen atoms in total. The third-order valence-corrected chi connectivity index (χ3v) is 2.24. The molecule has 0 aromatic carbocycles. The van der Waals surface area contributed by atoms with Crippen molar-refractivity contribution in [2.45, 2.75) is 13.8 Å². The van der Waals surface area contributed by atoms with Crippen LogP contribution in [0.5, 0.6) is 0 Å². The Morgan fingerprint density at radius 1 is 1.62 bits per heavy atom. The number of nitrogens with two attached hydrogens (primary N) is 1. The Kier molecular flexibility index (Phi) is 3.44. The van der Waals surface area contributed by atoms with Crippen LogP contribution in [0.15, 0.2) is 29.7 Å². The molecular weight excluding hydrogens is 208 g/mol. The first-order valence-corrected chi connectivity index (χ1v) is 4.68. The molecule has 0 saturated carbocycles. The van der Waals surface area contributed by atoms with E-state index in [2.05, 4.69) is 15.5 Å². The van der Waals surface area contributed by atoms with Crippen molar-refractivity contribution in [2.24, 2.45) is 16.3 Å². The average Bonchev–Trinajstić information content (AvgIpc) is 2.29. The average molecular weight is 222 g/mol. The van der Waals surface area contributed by atoms with Crippen molar-refractivity contribution in [3.05, 3.63) is 24.5 Å². The van der Waals surface area contributed by atoms with Gasteiger partial charge in [-0.2, -0.15) is 0 Å². The summed E-state index contributed by atoms with van der Waals surface area (Å²) in [5, 5.41) is 14.0. The van der Waals surface area contributed by atoms with Crippen molar-refractivity contribution in [3.63, 3.8) is 0 Å². The summed E-state index contributed by atoms with van der Waals surface area (Å²) in [6.45, 7) is 3.13. The number of anilines is 1. The first-order valence-electron chi connectivity index (χ1n) is 4.68. The zero-order chi connectivity index (χ0) is 12.2. The number of hydrogen-bond acceptors (Lipinski definition) is 4. The standard InChI is InChI=1S/C10H14N4O2/c1-10(2,8(11)14-16)9(15)13-7-4-3-5-12-6-7/h3-6,16H,1-2H3,(H2,11,14)(H,13,15). The molecule has 16 heavy (non-hydrogen) atoms. The Labute approximate surface area is 93.2 Å². The summed E-state index contributed by atoms with van der Waals surface area (Å²) < 4.78 is 0. The van der Waals surface area contributed by atoms with Gasteiger partial charge in [0.1, 0.15) is 5.41 Å². The van der Waals surface area contributed by atoms with E-state index in [0.717, 1.165) is 0 Å². The number of amides is 1. The monoisotopic (exact) mass is 222 g/mol. The molecule has 1 aromatic rings. The Bertz CT molecular complexity index is 401. The van der Waals surface area contributed by atoms with Crippen LogP contribution in [-0.4, -0.2) is 21.9 Å². The molecule has 0 radical (unpaired) electrons. The number of oxime groups is 1. The maximum atomic E-state index is 11.8. The van der Waals surface area contributed by atoms with Gasteiger partial charge in [0.25, 0.3) is 0 Å². The lowest BCUT2D eigenvalue weighted by atomic mass is 9.91. The fraction of sp³-hybridized carbons (Fsp3) is 0.300. The van der Waals surface area contributed by atoms with Crippen molar-refractivity contribution in [1.82, 2.24) is 4.98 Å². The quantitative estimate of drug-likeness (QED) is 0.304. The summed E-state index contributed by atoms with van der Waals surface area (Å²) in [5.74, 6) is -0.510. The number of pyridine rings is 1. The number of nitrogens with zero attached hydrogens (tertiary/aromatic N) is 2. The van der Waals surface area contributed by atoms with E-state index in [1.54, 1.807) is 32.2 Å². The minimum Gasteiger partial charge on any atom is -0.409 e. The van der Waals surface area contributed by atoms with E-state index in [9.17, 15) is 4.79 Å². The molecule has 0 aliphatic heterocycles. The van der Waals surface area contributed by atoms with Crippen molar-refractivity contribution in [3.8, 4) is 0 Å². The van der Waals surface area contributed by atoms with Gasteiger partial charge in [0.05, 0.1) is 11.9 Å². The maximum absolute atomic E-state index is 11.8. The highest BCUT2D eigenvalue weighted by Gasteiger charge is 2.32. The molecule has 0 aliphatic rings. The Hall–Kier alpha value is -2.11. The van der Waals surface area contributed by atoms with Crippen molar-refractivity contribution < 1.29 is 10.0 Å². The van der Waals surface area contributed by atoms with Gasteiger partial charge in [0.15, 0.2) is 5.84 Å². The first-order chi connectivity index (χ1) is 7.48. The Balaban J connectivity index is 2.81. The summed E-state index contributed by atoms with van der Waals surface area (Å²) in [7, 11) is 0. The second kappa shape index (κ2) is 4.61. The lowest BCUT2D eigenvalue weighted by Crippen LogP contribution is -2.42. The minimum atomic E-state index is -1.08. The molecule has 0 unspecified atom stereocenters. The zero-order valence-electron chi connectivity index (χ0n) is 9.14. The molecular formula is C10H14N4O2. The summed E-state index contributed by atoms with van der Waals surface area (Å²) in [5.41, 5.74) is 4.91. The Morgan fingerprint density at radius 2 is 2.31 bits per heavy atom. The minimum absolute atomic E-state index is 0.145. The van der Waals surface area contributed by atoms with E-state index in [1.807, 2.05) is 0 Å². The molecule has 1 aromatic heterocycles. The SMILES string of the molecule is CC(C)(C(=O)Nc1cccnc1)C(N)=NO. The number of rotatable bonds is 3. The molecule has 0 saturated heterocycles. The van der Waals surface area contributed by atoms with Gasteiger partial charge in [-0.15, -0.1) is 0 Å². The number of hydrogen-bond donors (Lipinski definition) is 3. The van der Waals surface area contributed by atoms with Crippen LogP contribution >= 0.6 is 0 Å². The summed E-state index contributed by atoms with van der Waals surface area (Å²) in [4.78, 5) is 15.7. The molecule has 1 rings (SSSR count). The molecule has 1 heterocycles. The second-order valence-corrected chi connectivity index (χ2v) is 3.81. The topological polar surface area (TPSA) is 101 Å². The van der Waals surface area contributed by atoms with E-state index in [4.69, 9.17) is 10.9 Å². The van der Waals surface area contributed by atoms with E-state index in [0.29, 0.717) is 5.69 Å². The van der Waals surface area contributed by atoms with E-state index < -0.39 is 5.41 Å². The van der Waals surface area contributed by atoms with Gasteiger partial charge >= 0.3 is 0 Å². The number of aromatic nitrogens is 1. The molecule has 0 aliphatic carbocycles. The lowest BCUT2D eigenvalue weighted by Gasteiger charge is -2.21. The lowest BCUT2D eigenvalue weighted by molar-refractivity contribution is -0.121. The van der Waals surface area contributed by atoms with E-state index in [-0.39, 0.29) is 11.7 Å². The van der Waals surface area contributed by atoms with E-state index in [1.165, 1.54) is 6.20 Å². The van der Waals surface area contributed by atoms with Gasteiger partial charge < -0.3 is 16.3 Å². The normalized spacial score (nSPS) is 12.2. The molecule has 0 spiro atoms. The molecule has 0 fully saturated rings. The van der Waals surface area contributed by atoms with Gasteiger partial charge in [-0.3, -0.25) is 9.78 Å². The predicted molar refractivity (Wildman–Crippen MR) is 60.1 cm³/mol. The fourth-order valence-corrected chi connectivity index (χ4v) is 0.965. The Morgan fingerprint density at radius 3 is 2.81 bits per heavy atom. The third-order valence-electron chi connectivity index (χ3n) is 2.24. The second-order valence-electron chi connectivity index (χ2n) is 3.81. The maximum Gasteiger partial charge on any atom is 0.237 e. The van der Waals surface area contributed by atoms with Crippen LogP contribution < -0.4 is 11.1 Å². The molecule has 6 heteroatoms. The van der Waals surface area contributed by atoms with Gasteiger partial charge in [-0.25, -0.2) is 0 Å². The van der Waals surface area contributed by atoms with Gasteiger partial charge in [0, 0.05) is 6.20 Å². The van der Waals surface area contributed by atoms with Crippen LogP contribution in [0.1, 0.15) is 13.8 Å². The van der Waals surface area contributed by atoms with E-state index >= 15 is 0 Å². The number of carbonyl (C=O) groups is 1. The van der Waals surface area contributed by atoms with Crippen LogP contribution in [0.3, 0.4) is 0 Å². The van der Waals surface area contributed by atoms with Crippen LogP contribution in [0.4, 0.5) is 5.69 Å². The van der Waals surface area contributed by atoms with Gasteiger partial charge in [0.2, 0.25) is 5.91 Å². The number of nitrogens with one attached hydrogen (secondary N) is 1. The van der Waals surface area contributed by atoms with Gasteiger partial charge in [-0.1, -0.05) is 5.16 Å². The van der Waals surface area contributed by atoms with Crippen LogP contribution in [0.2, 0.25) is 0 Å². The van der Waals surface area contributed by atoms with Crippen LogP contribution in [0, 0.1) is 5.41 Å². The highest BCUT2D eigenvalue weighted by Crippen LogP contribution is 2.18. The third kappa shape index (κ3) is 2.47. The molecule has 0 atom stereocenters. The number of carbonyl (C=O) groups excluding carboxylic acids is 1. The summed E-state index contributed by atoms with van der Waals surface area (Å²) in [6.07, 6.45) is 3.12. The summed E-state index contributed by atoms with van der Waals surface area (Å²) >= 11 is 0. The van der Waals surface area contributed by atoms with Crippen molar-refractivity contribution >= 4 is 17.4 Å². The summed E-state index contributed by atoms with van der Waals surface area (Å²) in [6, 6.07) is 3.40. The molecule has 4 N–H and O–H groups in total. The van der Waals surface area contributed by atoms with Crippen LogP contribution in [0.25, 0.3) is 0 Å². The smallest absolute Gasteiger partial charge is 0.237 e. The molecule has 1 amide bonds. The van der Waals surface area contributed by atoms with Gasteiger partial charge in [-0.05, 0) is 26.0 Å².